The molecule has 15 heavy (non-hydrogen) atoms. The van der Waals surface area contributed by atoms with Crippen LogP contribution in [0.4, 0.5) is 5.69 Å². The predicted octanol–water partition coefficient (Wildman–Crippen LogP) is 3.39. The first-order valence-corrected chi connectivity index (χ1v) is 5.50. The van der Waals surface area contributed by atoms with Gasteiger partial charge in [0, 0.05) is 18.2 Å². The topological polar surface area (TPSA) is 20.3 Å². The van der Waals surface area contributed by atoms with Crippen molar-refractivity contribution in [3.63, 3.8) is 0 Å². The van der Waals surface area contributed by atoms with E-state index in [9.17, 15) is 4.79 Å². The number of carbonyl (C=O) groups is 1. The number of halogens is 1. The standard InChI is InChI=1S/C12H16ClNO/c1-4-14(9(2)3)12-10(8-15)6-5-7-11(12)13/h5-9H,4H2,1-3H3. The summed E-state index contributed by atoms with van der Waals surface area (Å²) in [6, 6.07) is 5.73. The van der Waals surface area contributed by atoms with Crippen molar-refractivity contribution in [2.24, 2.45) is 0 Å². The molecule has 0 aromatic heterocycles. The number of benzene rings is 1. The summed E-state index contributed by atoms with van der Waals surface area (Å²) in [7, 11) is 0. The second kappa shape index (κ2) is 5.17. The Hall–Kier alpha value is -1.02. The molecule has 0 fully saturated rings. The van der Waals surface area contributed by atoms with Gasteiger partial charge in [-0.1, -0.05) is 17.7 Å². The van der Waals surface area contributed by atoms with Crippen LogP contribution < -0.4 is 4.90 Å². The van der Waals surface area contributed by atoms with Gasteiger partial charge in [0.25, 0.3) is 0 Å². The van der Waals surface area contributed by atoms with E-state index in [1.807, 2.05) is 6.07 Å². The fourth-order valence-electron chi connectivity index (χ4n) is 1.71. The van der Waals surface area contributed by atoms with Crippen molar-refractivity contribution in [3.8, 4) is 0 Å². The molecule has 0 aliphatic heterocycles. The van der Waals surface area contributed by atoms with Gasteiger partial charge in [0.2, 0.25) is 0 Å². The molecule has 0 heterocycles. The molecule has 0 amide bonds. The first-order chi connectivity index (χ1) is 7.11. The summed E-state index contributed by atoms with van der Waals surface area (Å²) in [5, 5.41) is 0.634. The van der Waals surface area contributed by atoms with Gasteiger partial charge in [-0.15, -0.1) is 0 Å². The van der Waals surface area contributed by atoms with Crippen LogP contribution in [0.1, 0.15) is 31.1 Å². The molecule has 2 nitrogen and oxygen atoms in total. The van der Waals surface area contributed by atoms with E-state index in [0.29, 0.717) is 16.6 Å². The molecule has 82 valence electrons. The van der Waals surface area contributed by atoms with E-state index in [0.717, 1.165) is 18.5 Å². The molecular weight excluding hydrogens is 210 g/mol. The van der Waals surface area contributed by atoms with Gasteiger partial charge in [0.15, 0.2) is 6.29 Å². The van der Waals surface area contributed by atoms with E-state index in [1.54, 1.807) is 12.1 Å². The van der Waals surface area contributed by atoms with Crippen molar-refractivity contribution < 1.29 is 4.79 Å². The first kappa shape index (κ1) is 12.1. The van der Waals surface area contributed by atoms with Gasteiger partial charge in [0.1, 0.15) is 0 Å². The lowest BCUT2D eigenvalue weighted by Crippen LogP contribution is -2.31. The average molecular weight is 226 g/mol. The van der Waals surface area contributed by atoms with Crippen molar-refractivity contribution in [2.45, 2.75) is 26.8 Å². The molecule has 0 saturated carbocycles. The number of carbonyl (C=O) groups excluding carboxylic acids is 1. The summed E-state index contributed by atoms with van der Waals surface area (Å²) >= 11 is 6.13. The quantitative estimate of drug-likeness (QED) is 0.733. The summed E-state index contributed by atoms with van der Waals surface area (Å²) in [5.74, 6) is 0. The fraction of sp³-hybridized carbons (Fsp3) is 0.417. The highest BCUT2D eigenvalue weighted by molar-refractivity contribution is 6.33. The van der Waals surface area contributed by atoms with Crippen LogP contribution in [0.5, 0.6) is 0 Å². The number of rotatable bonds is 4. The highest BCUT2D eigenvalue weighted by atomic mass is 35.5. The van der Waals surface area contributed by atoms with Crippen LogP contribution in [0.3, 0.4) is 0 Å². The largest absolute Gasteiger partial charge is 0.368 e. The molecule has 3 heteroatoms. The third-order valence-electron chi connectivity index (χ3n) is 2.40. The van der Waals surface area contributed by atoms with Gasteiger partial charge in [-0.2, -0.15) is 0 Å². The maximum atomic E-state index is 10.9. The number of para-hydroxylation sites is 1. The Morgan fingerprint density at radius 2 is 2.13 bits per heavy atom. The number of hydrogen-bond acceptors (Lipinski definition) is 2. The molecule has 0 bridgehead atoms. The van der Waals surface area contributed by atoms with Crippen molar-refractivity contribution in [3.05, 3.63) is 28.8 Å². The second-order valence-electron chi connectivity index (χ2n) is 3.68. The highest BCUT2D eigenvalue weighted by Crippen LogP contribution is 2.30. The lowest BCUT2D eigenvalue weighted by molar-refractivity contribution is 0.112. The molecule has 0 saturated heterocycles. The summed E-state index contributed by atoms with van der Waals surface area (Å²) in [6.45, 7) is 7.06. The number of aldehydes is 1. The Morgan fingerprint density at radius 1 is 1.47 bits per heavy atom. The SMILES string of the molecule is CCN(c1c(Cl)cccc1C=O)C(C)C. The molecule has 0 N–H and O–H groups in total. The van der Waals surface area contributed by atoms with Crippen molar-refractivity contribution >= 4 is 23.6 Å². The number of hydrogen-bond donors (Lipinski definition) is 0. The fourth-order valence-corrected chi connectivity index (χ4v) is 2.00. The van der Waals surface area contributed by atoms with Crippen molar-refractivity contribution in [2.75, 3.05) is 11.4 Å². The minimum absolute atomic E-state index is 0.327. The molecule has 0 atom stereocenters. The Bertz CT molecular complexity index is 349. The van der Waals surface area contributed by atoms with E-state index in [4.69, 9.17) is 11.6 Å². The third kappa shape index (κ3) is 2.51. The van der Waals surface area contributed by atoms with Gasteiger partial charge in [-0.3, -0.25) is 4.79 Å². The van der Waals surface area contributed by atoms with Crippen molar-refractivity contribution in [1.82, 2.24) is 0 Å². The van der Waals surface area contributed by atoms with Gasteiger partial charge >= 0.3 is 0 Å². The van der Waals surface area contributed by atoms with Crippen LogP contribution in [-0.4, -0.2) is 18.9 Å². The van der Waals surface area contributed by atoms with E-state index in [1.165, 1.54) is 0 Å². The van der Waals surface area contributed by atoms with Crippen LogP contribution >= 0.6 is 11.6 Å². The van der Waals surface area contributed by atoms with Gasteiger partial charge in [-0.25, -0.2) is 0 Å². The van der Waals surface area contributed by atoms with Crippen LogP contribution in [0.15, 0.2) is 18.2 Å². The predicted molar refractivity (Wildman–Crippen MR) is 65.0 cm³/mol. The van der Waals surface area contributed by atoms with Crippen LogP contribution in [-0.2, 0) is 0 Å². The monoisotopic (exact) mass is 225 g/mol. The smallest absolute Gasteiger partial charge is 0.152 e. The Morgan fingerprint density at radius 3 is 2.60 bits per heavy atom. The van der Waals surface area contributed by atoms with Crippen molar-refractivity contribution in [1.29, 1.82) is 0 Å². The normalized spacial score (nSPS) is 10.5. The minimum atomic E-state index is 0.327. The Kier molecular flexibility index (Phi) is 4.15. The summed E-state index contributed by atoms with van der Waals surface area (Å²) in [6.07, 6.45) is 0.853. The molecule has 0 aliphatic rings. The van der Waals surface area contributed by atoms with Gasteiger partial charge in [0.05, 0.1) is 10.7 Å². The maximum Gasteiger partial charge on any atom is 0.152 e. The van der Waals surface area contributed by atoms with Gasteiger partial charge in [-0.05, 0) is 32.9 Å². The molecule has 0 unspecified atom stereocenters. The van der Waals surface area contributed by atoms with E-state index in [2.05, 4.69) is 25.7 Å². The van der Waals surface area contributed by atoms with E-state index in [-0.39, 0.29) is 0 Å². The number of anilines is 1. The molecule has 1 aromatic rings. The molecule has 0 radical (unpaired) electrons. The molecule has 1 aromatic carbocycles. The zero-order valence-corrected chi connectivity index (χ0v) is 10.1. The first-order valence-electron chi connectivity index (χ1n) is 5.12. The zero-order valence-electron chi connectivity index (χ0n) is 9.33. The summed E-state index contributed by atoms with van der Waals surface area (Å²) < 4.78 is 0. The molecule has 1 rings (SSSR count). The Labute approximate surface area is 95.8 Å². The second-order valence-corrected chi connectivity index (χ2v) is 4.08. The molecular formula is C12H16ClNO. The van der Waals surface area contributed by atoms with E-state index >= 15 is 0 Å². The molecule has 0 aliphatic carbocycles. The summed E-state index contributed by atoms with van der Waals surface area (Å²) in [5.41, 5.74) is 1.49. The van der Waals surface area contributed by atoms with Crippen LogP contribution in [0.2, 0.25) is 5.02 Å². The Balaban J connectivity index is 3.26. The van der Waals surface area contributed by atoms with E-state index < -0.39 is 0 Å². The zero-order chi connectivity index (χ0) is 11.4. The minimum Gasteiger partial charge on any atom is -0.368 e. The average Bonchev–Trinajstić information content (AvgIpc) is 2.21. The number of nitrogens with zero attached hydrogens (tertiary/aromatic N) is 1. The maximum absolute atomic E-state index is 10.9. The third-order valence-corrected chi connectivity index (χ3v) is 2.70. The van der Waals surface area contributed by atoms with Crippen LogP contribution in [0.25, 0.3) is 0 Å². The highest BCUT2D eigenvalue weighted by Gasteiger charge is 2.15. The summed E-state index contributed by atoms with van der Waals surface area (Å²) in [4.78, 5) is 13.1. The lowest BCUT2D eigenvalue weighted by atomic mass is 10.1. The molecule has 0 spiro atoms. The lowest BCUT2D eigenvalue weighted by Gasteiger charge is -2.29. The van der Waals surface area contributed by atoms with Gasteiger partial charge < -0.3 is 4.90 Å². The van der Waals surface area contributed by atoms with Crippen LogP contribution in [0, 0.1) is 0 Å².